The minimum atomic E-state index is -0.626. The Bertz CT molecular complexity index is 734. The lowest BCUT2D eigenvalue weighted by Gasteiger charge is -2.34. The maximum atomic E-state index is 13.0. The minimum absolute atomic E-state index is 0.149. The third kappa shape index (κ3) is 7.18. The van der Waals surface area contributed by atoms with E-state index in [1.807, 2.05) is 20.8 Å². The summed E-state index contributed by atoms with van der Waals surface area (Å²) in [6, 6.07) is 5.86. The van der Waals surface area contributed by atoms with Gasteiger partial charge in [0.1, 0.15) is 11.4 Å². The van der Waals surface area contributed by atoms with Gasteiger partial charge in [-0.2, -0.15) is 0 Å². The van der Waals surface area contributed by atoms with Gasteiger partial charge in [-0.1, -0.05) is 19.1 Å². The first-order chi connectivity index (χ1) is 14.6. The molecule has 1 heterocycles. The molecule has 0 unspecified atom stereocenters. The van der Waals surface area contributed by atoms with E-state index in [2.05, 4.69) is 5.32 Å². The summed E-state index contributed by atoms with van der Waals surface area (Å²) in [5.74, 6) is -0.951. The van der Waals surface area contributed by atoms with E-state index in [-0.39, 0.29) is 23.9 Å². The first kappa shape index (κ1) is 25.1. The monoisotopic (exact) mass is 438 g/mol. The molecule has 1 N–H and O–H groups in total. The highest BCUT2D eigenvalue weighted by Gasteiger charge is 2.45. The molecule has 1 saturated heterocycles. The predicted molar refractivity (Wildman–Crippen MR) is 115 cm³/mol. The number of methoxy groups -OCH3 is 2. The summed E-state index contributed by atoms with van der Waals surface area (Å²) in [7, 11) is 3.15. The molecule has 1 aromatic carbocycles. The molecular formula is C23H35FN2O5. The number of halogens is 1. The molecule has 2 rings (SSSR count). The molecule has 0 aliphatic carbocycles. The predicted octanol–water partition coefficient (Wildman–Crippen LogP) is 3.16. The van der Waals surface area contributed by atoms with Gasteiger partial charge in [-0.15, -0.1) is 0 Å². The van der Waals surface area contributed by atoms with Crippen LogP contribution >= 0.6 is 0 Å². The van der Waals surface area contributed by atoms with Crippen LogP contribution in [0.4, 0.5) is 9.18 Å². The smallest absolute Gasteiger partial charge is 0.410 e. The van der Waals surface area contributed by atoms with Crippen molar-refractivity contribution in [2.24, 2.45) is 5.92 Å². The number of rotatable bonds is 8. The second-order valence-electron chi connectivity index (χ2n) is 8.95. The van der Waals surface area contributed by atoms with Crippen molar-refractivity contribution in [1.82, 2.24) is 10.2 Å². The number of likely N-dealkylation sites (tertiary alicyclic amines) is 1. The van der Waals surface area contributed by atoms with Gasteiger partial charge >= 0.3 is 6.09 Å². The Labute approximate surface area is 184 Å². The molecule has 0 radical (unpaired) electrons. The van der Waals surface area contributed by atoms with Crippen LogP contribution < -0.4 is 5.32 Å². The molecule has 1 aliphatic heterocycles. The number of benzene rings is 1. The van der Waals surface area contributed by atoms with E-state index in [4.69, 9.17) is 14.2 Å². The van der Waals surface area contributed by atoms with Gasteiger partial charge in [-0.05, 0) is 51.3 Å². The Hall–Kier alpha value is -2.19. The van der Waals surface area contributed by atoms with E-state index in [0.717, 1.165) is 5.56 Å². The molecule has 8 heteroatoms. The number of carbonyl (C=O) groups is 2. The van der Waals surface area contributed by atoms with Crippen molar-refractivity contribution in [2.75, 3.05) is 27.3 Å². The summed E-state index contributed by atoms with van der Waals surface area (Å²) >= 11 is 0. The van der Waals surface area contributed by atoms with Gasteiger partial charge in [0.25, 0.3) is 0 Å². The third-order valence-electron chi connectivity index (χ3n) is 5.45. The van der Waals surface area contributed by atoms with Gasteiger partial charge < -0.3 is 19.5 Å². The van der Waals surface area contributed by atoms with E-state index in [9.17, 15) is 14.0 Å². The summed E-state index contributed by atoms with van der Waals surface area (Å²) < 4.78 is 29.7. The maximum Gasteiger partial charge on any atom is 0.410 e. The Balaban J connectivity index is 2.01. The van der Waals surface area contributed by atoms with Gasteiger partial charge in [0.2, 0.25) is 5.91 Å². The molecule has 7 nitrogen and oxygen atoms in total. The fourth-order valence-corrected chi connectivity index (χ4v) is 3.82. The van der Waals surface area contributed by atoms with Gasteiger partial charge in [0, 0.05) is 20.8 Å². The molecule has 1 aliphatic rings. The number of amides is 2. The van der Waals surface area contributed by atoms with E-state index in [0.29, 0.717) is 25.9 Å². The summed E-state index contributed by atoms with van der Waals surface area (Å²) in [5, 5.41) is 2.91. The fourth-order valence-electron chi connectivity index (χ4n) is 3.82. The highest BCUT2D eigenvalue weighted by Crippen LogP contribution is 2.29. The lowest BCUT2D eigenvalue weighted by atomic mass is 9.94. The van der Waals surface area contributed by atoms with Crippen LogP contribution in [-0.2, 0) is 25.4 Å². The van der Waals surface area contributed by atoms with E-state index in [1.54, 1.807) is 38.2 Å². The summed E-state index contributed by atoms with van der Waals surface area (Å²) in [6.45, 7) is 8.04. The zero-order valence-corrected chi connectivity index (χ0v) is 19.3. The molecule has 0 aromatic heterocycles. The Morgan fingerprint density at radius 1 is 1.23 bits per heavy atom. The Morgan fingerprint density at radius 3 is 2.42 bits per heavy atom. The summed E-state index contributed by atoms with van der Waals surface area (Å²) in [6.07, 6.45) is 0.0438. The first-order valence-electron chi connectivity index (χ1n) is 10.6. The maximum absolute atomic E-state index is 13.0. The number of ether oxygens (including phenoxy) is 3. The van der Waals surface area contributed by atoms with Crippen LogP contribution in [0.5, 0.6) is 0 Å². The average Bonchev–Trinajstić information content (AvgIpc) is 3.13. The second-order valence-corrected chi connectivity index (χ2v) is 8.95. The van der Waals surface area contributed by atoms with Crippen LogP contribution in [0.1, 0.15) is 39.7 Å². The number of carbonyl (C=O) groups excluding carboxylic acids is 2. The molecule has 1 aromatic rings. The quantitative estimate of drug-likeness (QED) is 0.675. The molecule has 31 heavy (non-hydrogen) atoms. The SMILES string of the molecule is CO[C@@H]1C[C@H]([C@H](OC)[C@@H](C)C(=O)NCCc2ccc(F)cc2)N(C(=O)OC(C)(C)C)C1. The van der Waals surface area contributed by atoms with Crippen molar-refractivity contribution >= 4 is 12.0 Å². The van der Waals surface area contributed by atoms with Crippen molar-refractivity contribution in [1.29, 1.82) is 0 Å². The standard InChI is InChI=1S/C23H35FN2O5/c1-15(21(27)25-12-11-16-7-9-17(24)10-8-16)20(30-6)19-13-18(29-5)14-26(19)22(28)31-23(2,3)4/h7-10,15,18-20H,11-14H2,1-6H3,(H,25,27)/t15-,18-,19-,20-/m1/s1. The van der Waals surface area contributed by atoms with E-state index < -0.39 is 23.7 Å². The van der Waals surface area contributed by atoms with Crippen LogP contribution in [0.25, 0.3) is 0 Å². The van der Waals surface area contributed by atoms with Crippen LogP contribution in [0, 0.1) is 11.7 Å². The highest BCUT2D eigenvalue weighted by atomic mass is 19.1. The number of nitrogens with one attached hydrogen (secondary N) is 1. The zero-order valence-electron chi connectivity index (χ0n) is 19.3. The lowest BCUT2D eigenvalue weighted by molar-refractivity contribution is -0.130. The Kier molecular flexibility index (Phi) is 8.82. The van der Waals surface area contributed by atoms with Crippen molar-refractivity contribution in [2.45, 2.75) is 64.4 Å². The van der Waals surface area contributed by atoms with Gasteiger partial charge in [-0.3, -0.25) is 9.69 Å². The molecule has 0 saturated carbocycles. The third-order valence-corrected chi connectivity index (χ3v) is 5.45. The summed E-state index contributed by atoms with van der Waals surface area (Å²) in [5.41, 5.74) is 0.311. The number of hydrogen-bond acceptors (Lipinski definition) is 5. The largest absolute Gasteiger partial charge is 0.444 e. The van der Waals surface area contributed by atoms with Crippen molar-refractivity contribution in [3.05, 3.63) is 35.6 Å². The molecule has 2 amide bonds. The molecule has 0 spiro atoms. The highest BCUT2D eigenvalue weighted by molar-refractivity contribution is 5.79. The van der Waals surface area contributed by atoms with Crippen LogP contribution in [0.2, 0.25) is 0 Å². The molecule has 0 bridgehead atoms. The van der Waals surface area contributed by atoms with E-state index >= 15 is 0 Å². The normalized spacial score (nSPS) is 20.9. The number of nitrogens with zero attached hydrogens (tertiary/aromatic N) is 1. The number of hydrogen-bond donors (Lipinski definition) is 1. The topological polar surface area (TPSA) is 77.1 Å². The van der Waals surface area contributed by atoms with Gasteiger partial charge in [-0.25, -0.2) is 9.18 Å². The molecule has 174 valence electrons. The van der Waals surface area contributed by atoms with Gasteiger partial charge in [0.15, 0.2) is 0 Å². The first-order valence-corrected chi connectivity index (χ1v) is 10.6. The second kappa shape index (κ2) is 10.9. The van der Waals surface area contributed by atoms with Crippen LogP contribution in [0.3, 0.4) is 0 Å². The molecule has 1 fully saturated rings. The zero-order chi connectivity index (χ0) is 23.2. The average molecular weight is 439 g/mol. The molecular weight excluding hydrogens is 403 g/mol. The van der Waals surface area contributed by atoms with Crippen molar-refractivity contribution in [3.63, 3.8) is 0 Å². The summed E-state index contributed by atoms with van der Waals surface area (Å²) in [4.78, 5) is 27.2. The lowest BCUT2D eigenvalue weighted by Crippen LogP contribution is -2.50. The fraction of sp³-hybridized carbons (Fsp3) is 0.652. The minimum Gasteiger partial charge on any atom is -0.444 e. The molecule has 4 atom stereocenters. The van der Waals surface area contributed by atoms with Crippen molar-refractivity contribution in [3.8, 4) is 0 Å². The van der Waals surface area contributed by atoms with Gasteiger partial charge in [0.05, 0.1) is 30.7 Å². The van der Waals surface area contributed by atoms with Crippen LogP contribution in [0.15, 0.2) is 24.3 Å². The van der Waals surface area contributed by atoms with E-state index in [1.165, 1.54) is 12.1 Å². The van der Waals surface area contributed by atoms with Crippen LogP contribution in [-0.4, -0.2) is 68.1 Å². The Morgan fingerprint density at radius 2 is 1.87 bits per heavy atom. The van der Waals surface area contributed by atoms with Crippen molar-refractivity contribution < 1.29 is 28.2 Å².